The maximum Gasteiger partial charge on any atom is 0.176 e. The largest absolute Gasteiger partial charge is 0.508 e. The van der Waals surface area contributed by atoms with Crippen LogP contribution in [0.25, 0.3) is 0 Å². The van der Waals surface area contributed by atoms with Crippen molar-refractivity contribution in [3.63, 3.8) is 0 Å². The lowest BCUT2D eigenvalue weighted by Gasteiger charge is -2.14. The molecule has 0 amide bonds. The van der Waals surface area contributed by atoms with Crippen molar-refractivity contribution >= 4 is 5.78 Å². The predicted molar refractivity (Wildman–Crippen MR) is 58.1 cm³/mol. The molecular weight excluding hydrogens is 190 g/mol. The fourth-order valence-electron chi connectivity index (χ4n) is 1.61. The first-order valence-corrected chi connectivity index (χ1v) is 5.19. The van der Waals surface area contributed by atoms with E-state index in [-0.39, 0.29) is 11.5 Å². The number of likely N-dealkylation sites (N-methyl/N-ethyl adjacent to an activating group) is 1. The lowest BCUT2D eigenvalue weighted by Crippen LogP contribution is -2.27. The van der Waals surface area contributed by atoms with E-state index in [0.717, 1.165) is 0 Å². The molecule has 0 spiro atoms. The molecule has 0 radical (unpaired) electrons. The molecule has 0 heterocycles. The standard InChI is InChI=1S/C12H15NO2/c1-13(10-4-5-10)8-12(15)9-2-6-11(14)7-3-9/h2-3,6-7,10,14H,4-5,8H2,1H3. The number of hydrogen-bond donors (Lipinski definition) is 1. The Bertz CT molecular complexity index is 354. The van der Waals surface area contributed by atoms with Crippen molar-refractivity contribution in [3.05, 3.63) is 29.8 Å². The molecular formula is C12H15NO2. The summed E-state index contributed by atoms with van der Waals surface area (Å²) in [6.07, 6.45) is 2.42. The molecule has 3 nitrogen and oxygen atoms in total. The maximum absolute atomic E-state index is 11.8. The fourth-order valence-corrected chi connectivity index (χ4v) is 1.61. The molecule has 1 fully saturated rings. The summed E-state index contributed by atoms with van der Waals surface area (Å²) in [7, 11) is 1.98. The Morgan fingerprint density at radius 3 is 2.53 bits per heavy atom. The number of nitrogens with zero attached hydrogens (tertiary/aromatic N) is 1. The van der Waals surface area contributed by atoms with E-state index in [1.54, 1.807) is 24.3 Å². The van der Waals surface area contributed by atoms with Gasteiger partial charge in [-0.05, 0) is 44.2 Å². The topological polar surface area (TPSA) is 40.5 Å². The van der Waals surface area contributed by atoms with Gasteiger partial charge in [0.15, 0.2) is 5.78 Å². The Morgan fingerprint density at radius 2 is 2.00 bits per heavy atom. The maximum atomic E-state index is 11.8. The number of ketones is 1. The van der Waals surface area contributed by atoms with Gasteiger partial charge in [-0.2, -0.15) is 0 Å². The van der Waals surface area contributed by atoms with E-state index in [0.29, 0.717) is 18.2 Å². The summed E-state index contributed by atoms with van der Waals surface area (Å²) in [5.41, 5.74) is 0.667. The first kappa shape index (κ1) is 10.2. The van der Waals surface area contributed by atoms with Crippen molar-refractivity contribution in [1.29, 1.82) is 0 Å². The molecule has 15 heavy (non-hydrogen) atoms. The molecule has 1 aliphatic rings. The Morgan fingerprint density at radius 1 is 1.40 bits per heavy atom. The molecule has 0 aliphatic heterocycles. The smallest absolute Gasteiger partial charge is 0.176 e. The normalized spacial score (nSPS) is 15.6. The lowest BCUT2D eigenvalue weighted by atomic mass is 10.1. The first-order valence-electron chi connectivity index (χ1n) is 5.19. The average molecular weight is 205 g/mol. The van der Waals surface area contributed by atoms with Gasteiger partial charge in [-0.15, -0.1) is 0 Å². The van der Waals surface area contributed by atoms with E-state index < -0.39 is 0 Å². The third-order valence-electron chi connectivity index (χ3n) is 2.75. The summed E-state index contributed by atoms with van der Waals surface area (Å²) in [6, 6.07) is 7.02. The zero-order chi connectivity index (χ0) is 10.8. The van der Waals surface area contributed by atoms with Crippen molar-refractivity contribution in [2.24, 2.45) is 0 Å². The molecule has 3 heteroatoms. The molecule has 80 valence electrons. The van der Waals surface area contributed by atoms with Crippen LogP contribution in [0.5, 0.6) is 5.75 Å². The molecule has 2 rings (SSSR count). The van der Waals surface area contributed by atoms with Gasteiger partial charge in [-0.25, -0.2) is 0 Å². The number of rotatable bonds is 4. The lowest BCUT2D eigenvalue weighted by molar-refractivity contribution is 0.0942. The highest BCUT2D eigenvalue weighted by molar-refractivity contribution is 5.97. The van der Waals surface area contributed by atoms with Crippen molar-refractivity contribution in [2.45, 2.75) is 18.9 Å². The van der Waals surface area contributed by atoms with Gasteiger partial charge in [-0.1, -0.05) is 0 Å². The summed E-state index contributed by atoms with van der Waals surface area (Å²) in [5.74, 6) is 0.312. The quantitative estimate of drug-likeness (QED) is 0.760. The fraction of sp³-hybridized carbons (Fsp3) is 0.417. The minimum Gasteiger partial charge on any atom is -0.508 e. The number of Topliss-reactive ketones (excluding diaryl/α,β-unsaturated/α-hetero) is 1. The van der Waals surface area contributed by atoms with E-state index >= 15 is 0 Å². The molecule has 0 saturated heterocycles. The van der Waals surface area contributed by atoms with E-state index in [9.17, 15) is 4.79 Å². The van der Waals surface area contributed by atoms with Gasteiger partial charge in [-0.3, -0.25) is 9.69 Å². The summed E-state index contributed by atoms with van der Waals surface area (Å²) in [6.45, 7) is 0.468. The van der Waals surface area contributed by atoms with Crippen LogP contribution in [-0.4, -0.2) is 35.4 Å². The number of hydrogen-bond acceptors (Lipinski definition) is 3. The number of phenols is 1. The van der Waals surface area contributed by atoms with Gasteiger partial charge in [0.2, 0.25) is 0 Å². The van der Waals surface area contributed by atoms with Crippen LogP contribution in [0.4, 0.5) is 0 Å². The van der Waals surface area contributed by atoms with Gasteiger partial charge < -0.3 is 5.11 Å². The highest BCUT2D eigenvalue weighted by Crippen LogP contribution is 2.25. The molecule has 0 atom stereocenters. The first-order chi connectivity index (χ1) is 7.16. The van der Waals surface area contributed by atoms with Crippen molar-refractivity contribution in [2.75, 3.05) is 13.6 Å². The zero-order valence-electron chi connectivity index (χ0n) is 8.81. The number of carbonyl (C=O) groups excluding carboxylic acids is 1. The third-order valence-corrected chi connectivity index (χ3v) is 2.75. The zero-order valence-corrected chi connectivity index (χ0v) is 8.81. The SMILES string of the molecule is CN(CC(=O)c1ccc(O)cc1)C1CC1. The van der Waals surface area contributed by atoms with Crippen LogP contribution < -0.4 is 0 Å². The van der Waals surface area contributed by atoms with Gasteiger partial charge in [0, 0.05) is 11.6 Å². The minimum atomic E-state index is 0.115. The van der Waals surface area contributed by atoms with Gasteiger partial charge in [0.05, 0.1) is 6.54 Å². The number of benzene rings is 1. The molecule has 0 aromatic heterocycles. The average Bonchev–Trinajstić information content (AvgIpc) is 3.01. The minimum absolute atomic E-state index is 0.115. The summed E-state index contributed by atoms with van der Waals surface area (Å²) in [4.78, 5) is 13.9. The van der Waals surface area contributed by atoms with E-state index in [1.807, 2.05) is 7.05 Å². The molecule has 1 aromatic rings. The second-order valence-electron chi connectivity index (χ2n) is 4.12. The molecule has 1 aromatic carbocycles. The summed E-state index contributed by atoms with van der Waals surface area (Å²) < 4.78 is 0. The Labute approximate surface area is 89.3 Å². The van der Waals surface area contributed by atoms with Crippen LogP contribution in [0.1, 0.15) is 23.2 Å². The van der Waals surface area contributed by atoms with Crippen molar-refractivity contribution < 1.29 is 9.90 Å². The van der Waals surface area contributed by atoms with Crippen LogP contribution in [0, 0.1) is 0 Å². The second-order valence-corrected chi connectivity index (χ2v) is 4.12. The molecule has 0 unspecified atom stereocenters. The molecule has 1 aliphatic carbocycles. The second kappa shape index (κ2) is 4.03. The Kier molecular flexibility index (Phi) is 2.73. The summed E-state index contributed by atoms with van der Waals surface area (Å²) in [5, 5.41) is 9.10. The van der Waals surface area contributed by atoms with Crippen molar-refractivity contribution in [3.8, 4) is 5.75 Å². The highest BCUT2D eigenvalue weighted by Gasteiger charge is 2.27. The monoisotopic (exact) mass is 205 g/mol. The Hall–Kier alpha value is -1.35. The summed E-state index contributed by atoms with van der Waals surface area (Å²) >= 11 is 0. The number of aromatic hydroxyl groups is 1. The van der Waals surface area contributed by atoms with Crippen LogP contribution in [0.2, 0.25) is 0 Å². The van der Waals surface area contributed by atoms with E-state index in [1.165, 1.54) is 12.8 Å². The van der Waals surface area contributed by atoms with Gasteiger partial charge in [0.25, 0.3) is 0 Å². The third kappa shape index (κ3) is 2.57. The highest BCUT2D eigenvalue weighted by atomic mass is 16.3. The predicted octanol–water partition coefficient (Wildman–Crippen LogP) is 1.67. The van der Waals surface area contributed by atoms with Gasteiger partial charge in [0.1, 0.15) is 5.75 Å². The van der Waals surface area contributed by atoms with Crippen molar-refractivity contribution in [1.82, 2.24) is 4.90 Å². The number of phenolic OH excluding ortho intramolecular Hbond substituents is 1. The van der Waals surface area contributed by atoms with Gasteiger partial charge >= 0.3 is 0 Å². The van der Waals surface area contributed by atoms with E-state index in [2.05, 4.69) is 4.90 Å². The molecule has 1 saturated carbocycles. The van der Waals surface area contributed by atoms with Crippen LogP contribution in [0.3, 0.4) is 0 Å². The van der Waals surface area contributed by atoms with Crippen LogP contribution in [-0.2, 0) is 0 Å². The molecule has 1 N–H and O–H groups in total. The van der Waals surface area contributed by atoms with E-state index in [4.69, 9.17) is 5.11 Å². The number of carbonyl (C=O) groups is 1. The van der Waals surface area contributed by atoms with Crippen LogP contribution in [0.15, 0.2) is 24.3 Å². The van der Waals surface area contributed by atoms with Crippen LogP contribution >= 0.6 is 0 Å². The molecule has 0 bridgehead atoms. The Balaban J connectivity index is 1.97.